The van der Waals surface area contributed by atoms with Crippen molar-refractivity contribution in [2.45, 2.75) is 18.3 Å². The summed E-state index contributed by atoms with van der Waals surface area (Å²) in [6.45, 7) is 2.44. The van der Waals surface area contributed by atoms with E-state index in [9.17, 15) is 18.0 Å². The van der Waals surface area contributed by atoms with Crippen LogP contribution in [0.2, 0.25) is 0 Å². The SMILES string of the molecule is O=C(c1cnn(C2COC2)c1)N1CCN(c2ccnc(-c3cnc4ccc(C(F)(F)F)cn34)n2)CC1c1cn[nH]c1. The summed E-state index contributed by atoms with van der Waals surface area (Å²) in [5, 5.41) is 11.3. The minimum Gasteiger partial charge on any atom is -0.377 e. The number of ether oxygens (including phenoxy) is 1. The second-order valence-corrected chi connectivity index (χ2v) is 9.92. The van der Waals surface area contributed by atoms with Gasteiger partial charge < -0.3 is 14.5 Å². The molecule has 2 aliphatic heterocycles. The second-order valence-electron chi connectivity index (χ2n) is 9.92. The van der Waals surface area contributed by atoms with Crippen LogP contribution in [-0.4, -0.2) is 83.0 Å². The Balaban J connectivity index is 1.17. The molecule has 12 nitrogen and oxygen atoms in total. The molecule has 0 spiro atoms. The number of imidazole rings is 1. The zero-order valence-corrected chi connectivity index (χ0v) is 21.4. The molecule has 5 aromatic rings. The summed E-state index contributed by atoms with van der Waals surface area (Å²) in [5.41, 5.74) is 1.22. The topological polar surface area (TPSA) is 122 Å². The number of alkyl halides is 3. The van der Waals surface area contributed by atoms with E-state index in [1.165, 1.54) is 16.7 Å². The molecular weight excluding hydrogens is 541 g/mol. The number of aromatic amines is 1. The van der Waals surface area contributed by atoms with Crippen LogP contribution in [0.15, 0.2) is 61.6 Å². The Hall–Kier alpha value is -4.79. The fourth-order valence-corrected chi connectivity index (χ4v) is 5.11. The highest BCUT2D eigenvalue weighted by atomic mass is 19.4. The van der Waals surface area contributed by atoms with Crippen LogP contribution in [0.5, 0.6) is 0 Å². The Kier molecular flexibility index (Phi) is 5.96. The van der Waals surface area contributed by atoms with Gasteiger partial charge in [0.05, 0.1) is 55.0 Å². The number of hydrogen-bond donors (Lipinski definition) is 1. The van der Waals surface area contributed by atoms with Crippen LogP contribution < -0.4 is 4.90 Å². The zero-order valence-electron chi connectivity index (χ0n) is 21.4. The van der Waals surface area contributed by atoms with Crippen LogP contribution in [0.1, 0.15) is 33.6 Å². The Labute approximate surface area is 230 Å². The van der Waals surface area contributed by atoms with Gasteiger partial charge >= 0.3 is 6.18 Å². The van der Waals surface area contributed by atoms with Crippen LogP contribution in [0.25, 0.3) is 17.2 Å². The van der Waals surface area contributed by atoms with Crippen LogP contribution >= 0.6 is 0 Å². The molecule has 1 N–H and O–H groups in total. The molecule has 210 valence electrons. The molecule has 0 aliphatic carbocycles. The van der Waals surface area contributed by atoms with Gasteiger partial charge in [0.2, 0.25) is 0 Å². The lowest BCUT2D eigenvalue weighted by atomic mass is 10.0. The van der Waals surface area contributed by atoms with Crippen LogP contribution in [-0.2, 0) is 10.9 Å². The number of nitrogens with zero attached hydrogens (tertiary/aromatic N) is 9. The van der Waals surface area contributed by atoms with Gasteiger partial charge in [-0.15, -0.1) is 0 Å². The van der Waals surface area contributed by atoms with E-state index in [2.05, 4.69) is 30.2 Å². The average Bonchev–Trinajstić information content (AvgIpc) is 3.72. The normalized spacial score (nSPS) is 18.2. The van der Waals surface area contributed by atoms with E-state index in [0.29, 0.717) is 55.6 Å². The molecule has 7 rings (SSSR count). The molecule has 0 saturated carbocycles. The number of hydrogen-bond acceptors (Lipinski definition) is 8. The minimum atomic E-state index is -4.50. The van der Waals surface area contributed by atoms with Crippen LogP contribution in [0.3, 0.4) is 0 Å². The predicted octanol–water partition coefficient (Wildman–Crippen LogP) is 3.00. The molecule has 0 radical (unpaired) electrons. The van der Waals surface area contributed by atoms with Gasteiger partial charge in [-0.2, -0.15) is 23.4 Å². The number of carbonyl (C=O) groups is 1. The van der Waals surface area contributed by atoms with Gasteiger partial charge in [0.25, 0.3) is 5.91 Å². The number of fused-ring (bicyclic) bond motifs is 1. The Morgan fingerprint density at radius 1 is 1.05 bits per heavy atom. The number of amides is 1. The van der Waals surface area contributed by atoms with E-state index in [-0.39, 0.29) is 23.8 Å². The highest BCUT2D eigenvalue weighted by Crippen LogP contribution is 2.32. The predicted molar refractivity (Wildman–Crippen MR) is 138 cm³/mol. The maximum atomic E-state index is 13.6. The maximum Gasteiger partial charge on any atom is 0.417 e. The summed E-state index contributed by atoms with van der Waals surface area (Å²) >= 11 is 0. The quantitative estimate of drug-likeness (QED) is 0.346. The molecule has 1 amide bonds. The third-order valence-corrected chi connectivity index (χ3v) is 7.42. The van der Waals surface area contributed by atoms with E-state index in [1.807, 2.05) is 4.90 Å². The van der Waals surface area contributed by atoms with Crippen molar-refractivity contribution in [3.63, 3.8) is 0 Å². The number of anilines is 1. The number of aromatic nitrogens is 8. The van der Waals surface area contributed by atoms with E-state index < -0.39 is 11.7 Å². The van der Waals surface area contributed by atoms with E-state index in [1.54, 1.807) is 46.6 Å². The van der Waals surface area contributed by atoms with Crippen molar-refractivity contribution in [1.82, 2.24) is 44.2 Å². The fraction of sp³-hybridized carbons (Fsp3) is 0.308. The maximum absolute atomic E-state index is 13.6. The summed E-state index contributed by atoms with van der Waals surface area (Å²) in [5.74, 6) is 0.673. The third kappa shape index (κ3) is 4.57. The molecule has 0 bridgehead atoms. The van der Waals surface area contributed by atoms with Crippen molar-refractivity contribution in [2.75, 3.05) is 37.7 Å². The first-order valence-corrected chi connectivity index (χ1v) is 12.9. The molecule has 5 aromatic heterocycles. The monoisotopic (exact) mass is 564 g/mol. The number of rotatable bonds is 5. The van der Waals surface area contributed by atoms with Crippen LogP contribution in [0.4, 0.5) is 19.0 Å². The van der Waals surface area contributed by atoms with E-state index in [0.717, 1.165) is 17.8 Å². The largest absolute Gasteiger partial charge is 0.417 e. The summed E-state index contributed by atoms with van der Waals surface area (Å²) in [4.78, 5) is 30.6. The zero-order chi connectivity index (χ0) is 28.1. The molecule has 2 fully saturated rings. The van der Waals surface area contributed by atoms with Crippen molar-refractivity contribution < 1.29 is 22.7 Å². The number of nitrogens with one attached hydrogen (secondary N) is 1. The van der Waals surface area contributed by atoms with Gasteiger partial charge in [-0.05, 0) is 18.2 Å². The number of H-pyrrole nitrogens is 1. The van der Waals surface area contributed by atoms with Crippen molar-refractivity contribution in [1.29, 1.82) is 0 Å². The lowest BCUT2D eigenvalue weighted by Crippen LogP contribution is -2.51. The number of halogens is 3. The van der Waals surface area contributed by atoms with Gasteiger partial charge in [-0.25, -0.2) is 15.0 Å². The molecule has 7 heterocycles. The molecule has 2 aliphatic rings. The number of pyridine rings is 1. The summed E-state index contributed by atoms with van der Waals surface area (Å²) in [6, 6.07) is 3.84. The lowest BCUT2D eigenvalue weighted by Gasteiger charge is -2.41. The minimum absolute atomic E-state index is 0.137. The Morgan fingerprint density at radius 3 is 2.68 bits per heavy atom. The molecule has 1 unspecified atom stereocenters. The fourth-order valence-electron chi connectivity index (χ4n) is 5.11. The smallest absolute Gasteiger partial charge is 0.377 e. The van der Waals surface area contributed by atoms with Gasteiger partial charge in [0.15, 0.2) is 5.82 Å². The van der Waals surface area contributed by atoms with Gasteiger partial charge in [0.1, 0.15) is 17.2 Å². The van der Waals surface area contributed by atoms with E-state index >= 15 is 0 Å². The van der Waals surface area contributed by atoms with Crippen molar-refractivity contribution in [2.24, 2.45) is 0 Å². The first-order valence-electron chi connectivity index (χ1n) is 12.9. The Bertz CT molecular complexity index is 1710. The van der Waals surface area contributed by atoms with Gasteiger partial charge in [0, 0.05) is 50.0 Å². The number of piperazine rings is 1. The second kappa shape index (κ2) is 9.69. The van der Waals surface area contributed by atoms with Gasteiger partial charge in [-0.3, -0.25) is 19.0 Å². The standard InChI is InChI=1S/C26H23F3N10O2/c27-26(28,29)18-1-2-22-31-10-20(38(22)12-18)24-30-4-3-23(35-24)36-5-6-37(21(13-36)16-7-32-33-8-16)25(40)17-9-34-39(11-17)19-14-41-15-19/h1-4,7-12,19,21H,5-6,13-15H2,(H,32,33). The van der Waals surface area contributed by atoms with Crippen LogP contribution in [0, 0.1) is 0 Å². The highest BCUT2D eigenvalue weighted by molar-refractivity contribution is 5.94. The summed E-state index contributed by atoms with van der Waals surface area (Å²) in [7, 11) is 0. The highest BCUT2D eigenvalue weighted by Gasteiger charge is 2.35. The average molecular weight is 565 g/mol. The number of carbonyl (C=O) groups excluding carboxylic acids is 1. The third-order valence-electron chi connectivity index (χ3n) is 7.42. The van der Waals surface area contributed by atoms with Crippen molar-refractivity contribution in [3.05, 3.63) is 78.3 Å². The van der Waals surface area contributed by atoms with Crippen molar-refractivity contribution >= 4 is 17.4 Å². The summed E-state index contributed by atoms with van der Waals surface area (Å²) < 4.78 is 48.4. The summed E-state index contributed by atoms with van der Waals surface area (Å²) in [6.07, 6.45) is 6.29. The van der Waals surface area contributed by atoms with Gasteiger partial charge in [-0.1, -0.05) is 0 Å². The molecular formula is C26H23F3N10O2. The lowest BCUT2D eigenvalue weighted by molar-refractivity contribution is -0.137. The first-order chi connectivity index (χ1) is 19.8. The van der Waals surface area contributed by atoms with Crippen molar-refractivity contribution in [3.8, 4) is 11.5 Å². The molecule has 41 heavy (non-hydrogen) atoms. The van der Waals surface area contributed by atoms with E-state index in [4.69, 9.17) is 4.74 Å². The molecule has 1 atom stereocenters. The molecule has 15 heteroatoms. The molecule has 0 aromatic carbocycles. The first kappa shape index (κ1) is 25.2. The Morgan fingerprint density at radius 2 is 1.93 bits per heavy atom. The molecule has 2 saturated heterocycles.